The van der Waals surface area contributed by atoms with Crippen LogP contribution in [0.25, 0.3) is 0 Å². The molecule has 170 valence electrons. The molecule has 2 aromatic rings. The minimum atomic E-state index is 0. The topological polar surface area (TPSA) is 56.7 Å². The second-order valence-electron chi connectivity index (χ2n) is 8.42. The third-order valence-corrected chi connectivity index (χ3v) is 4.91. The van der Waals surface area contributed by atoms with Gasteiger partial charge in [0.25, 0.3) is 5.91 Å². The van der Waals surface area contributed by atoms with E-state index in [-0.39, 0.29) is 35.3 Å². The van der Waals surface area contributed by atoms with E-state index >= 15 is 0 Å². The highest BCUT2D eigenvalue weighted by Gasteiger charge is 2.19. The van der Waals surface area contributed by atoms with Crippen LogP contribution in [0.15, 0.2) is 53.5 Å². The Balaban J connectivity index is 0.00000480. The number of nitrogens with zero attached hydrogens (tertiary/aromatic N) is 2. The van der Waals surface area contributed by atoms with Gasteiger partial charge in [0.15, 0.2) is 5.96 Å². The Morgan fingerprint density at radius 3 is 2.32 bits per heavy atom. The summed E-state index contributed by atoms with van der Waals surface area (Å²) in [7, 11) is 3.51. The van der Waals surface area contributed by atoms with Crippen molar-refractivity contribution in [3.05, 3.63) is 70.2 Å². The summed E-state index contributed by atoms with van der Waals surface area (Å²) >= 11 is 6.12. The van der Waals surface area contributed by atoms with Gasteiger partial charge in [-0.05, 0) is 54.2 Å². The molecule has 0 aliphatic carbocycles. The number of rotatable bonds is 8. The second kappa shape index (κ2) is 12.9. The summed E-state index contributed by atoms with van der Waals surface area (Å²) in [6.45, 7) is 8.62. The molecule has 0 unspecified atom stereocenters. The normalized spacial score (nSPS) is 11.5. The van der Waals surface area contributed by atoms with Crippen molar-refractivity contribution in [1.29, 1.82) is 0 Å². The number of carbonyl (C=O) groups is 1. The molecule has 0 radical (unpaired) electrons. The van der Waals surface area contributed by atoms with Gasteiger partial charge in [0.2, 0.25) is 0 Å². The first-order chi connectivity index (χ1) is 14.2. The fourth-order valence-electron chi connectivity index (χ4n) is 3.11. The minimum absolute atomic E-state index is 0. The van der Waals surface area contributed by atoms with Crippen molar-refractivity contribution in [1.82, 2.24) is 15.5 Å². The van der Waals surface area contributed by atoms with Crippen LogP contribution in [-0.2, 0) is 13.0 Å². The molecule has 2 N–H and O–H groups in total. The zero-order valence-corrected chi connectivity index (χ0v) is 22.1. The average Bonchev–Trinajstić information content (AvgIpc) is 2.69. The highest BCUT2D eigenvalue weighted by Crippen LogP contribution is 2.22. The minimum Gasteiger partial charge on any atom is -0.357 e. The summed E-state index contributed by atoms with van der Waals surface area (Å²) < 4.78 is 0. The fourth-order valence-corrected chi connectivity index (χ4v) is 3.32. The smallest absolute Gasteiger partial charge is 0.253 e. The summed E-state index contributed by atoms with van der Waals surface area (Å²) in [5.74, 6) is 0.784. The van der Waals surface area contributed by atoms with E-state index in [4.69, 9.17) is 16.6 Å². The summed E-state index contributed by atoms with van der Waals surface area (Å²) in [6.07, 6.45) is 0.918. The summed E-state index contributed by atoms with van der Waals surface area (Å²) in [5.41, 5.74) is 3.00. The van der Waals surface area contributed by atoms with E-state index in [1.807, 2.05) is 42.5 Å². The van der Waals surface area contributed by atoms with Gasteiger partial charge in [-0.25, -0.2) is 4.99 Å². The Bertz CT molecular complexity index is 866. The average molecular weight is 557 g/mol. The number of hydrogen-bond donors (Lipinski definition) is 2. The lowest BCUT2D eigenvalue weighted by atomic mass is 9.86. The highest BCUT2D eigenvalue weighted by molar-refractivity contribution is 14.0. The monoisotopic (exact) mass is 556 g/mol. The quantitative estimate of drug-likeness (QED) is 0.274. The van der Waals surface area contributed by atoms with Gasteiger partial charge in [-0.3, -0.25) is 4.79 Å². The molecule has 0 saturated heterocycles. The van der Waals surface area contributed by atoms with Crippen molar-refractivity contribution in [2.75, 3.05) is 27.2 Å². The van der Waals surface area contributed by atoms with Gasteiger partial charge in [0.05, 0.1) is 6.54 Å². The van der Waals surface area contributed by atoms with Crippen molar-refractivity contribution in [3.8, 4) is 0 Å². The van der Waals surface area contributed by atoms with E-state index in [2.05, 4.69) is 37.5 Å². The van der Waals surface area contributed by atoms with E-state index in [9.17, 15) is 4.79 Å². The Morgan fingerprint density at radius 1 is 1.06 bits per heavy atom. The van der Waals surface area contributed by atoms with Crippen LogP contribution >= 0.6 is 35.6 Å². The van der Waals surface area contributed by atoms with Crippen LogP contribution in [0.1, 0.15) is 42.3 Å². The van der Waals surface area contributed by atoms with Crippen LogP contribution in [-0.4, -0.2) is 44.0 Å². The summed E-state index contributed by atoms with van der Waals surface area (Å²) in [6, 6.07) is 15.6. The van der Waals surface area contributed by atoms with Crippen LogP contribution in [0.2, 0.25) is 5.02 Å². The van der Waals surface area contributed by atoms with E-state index in [1.54, 1.807) is 19.0 Å². The third kappa shape index (κ3) is 9.47. The fraction of sp³-hybridized carbons (Fsp3) is 0.417. The molecule has 5 nitrogen and oxygen atoms in total. The van der Waals surface area contributed by atoms with Crippen LogP contribution in [0.3, 0.4) is 0 Å². The number of halogens is 2. The molecule has 0 atom stereocenters. The molecule has 7 heteroatoms. The molecule has 0 fully saturated rings. The van der Waals surface area contributed by atoms with E-state index < -0.39 is 0 Å². The van der Waals surface area contributed by atoms with Crippen molar-refractivity contribution in [3.63, 3.8) is 0 Å². The maximum atomic E-state index is 12.0. The Hall–Kier alpha value is -1.80. The number of hydrogen-bond acceptors (Lipinski definition) is 2. The van der Waals surface area contributed by atoms with Crippen LogP contribution < -0.4 is 10.6 Å². The lowest BCUT2D eigenvalue weighted by Gasteiger charge is -2.26. The molecular weight excluding hydrogens is 523 g/mol. The number of benzene rings is 2. The molecule has 1 amide bonds. The molecule has 0 bridgehead atoms. The maximum absolute atomic E-state index is 12.0. The molecule has 0 aromatic heterocycles. The number of nitrogens with one attached hydrogen (secondary N) is 2. The number of aliphatic imine (C=N–C) groups is 1. The lowest BCUT2D eigenvalue weighted by Crippen LogP contribution is -2.42. The van der Waals surface area contributed by atoms with E-state index in [1.165, 1.54) is 5.56 Å². The van der Waals surface area contributed by atoms with Gasteiger partial charge in [0.1, 0.15) is 0 Å². The maximum Gasteiger partial charge on any atom is 0.253 e. The van der Waals surface area contributed by atoms with Crippen molar-refractivity contribution >= 4 is 47.4 Å². The lowest BCUT2D eigenvalue weighted by molar-refractivity contribution is 0.0827. The number of carbonyl (C=O) groups excluding carboxylic acids is 1. The molecular formula is C24H34ClIN4O. The van der Waals surface area contributed by atoms with Gasteiger partial charge in [-0.2, -0.15) is 0 Å². The molecule has 2 aromatic carbocycles. The molecule has 0 aliphatic heterocycles. The first-order valence-electron chi connectivity index (χ1n) is 10.3. The van der Waals surface area contributed by atoms with Crippen molar-refractivity contribution in [2.24, 2.45) is 10.4 Å². The van der Waals surface area contributed by atoms with Gasteiger partial charge < -0.3 is 15.5 Å². The van der Waals surface area contributed by atoms with Crippen molar-refractivity contribution in [2.45, 2.75) is 33.7 Å². The molecule has 0 heterocycles. The second-order valence-corrected chi connectivity index (χ2v) is 8.85. The summed E-state index contributed by atoms with van der Waals surface area (Å²) in [5, 5.41) is 7.52. The first kappa shape index (κ1) is 27.2. The van der Waals surface area contributed by atoms with Gasteiger partial charge >= 0.3 is 0 Å². The van der Waals surface area contributed by atoms with Gasteiger partial charge in [0, 0.05) is 37.8 Å². The Labute approximate surface area is 208 Å². The number of amides is 1. The van der Waals surface area contributed by atoms with E-state index in [0.29, 0.717) is 12.1 Å². The molecule has 31 heavy (non-hydrogen) atoms. The standard InChI is InChI=1S/C24H33ClN4O.HI/c1-6-26-23(27-16-18-10-12-20(13-11-18)22(30)29(4)5)28-17-24(2,3)15-19-8-7-9-21(25)14-19;/h7-14H,6,15-17H2,1-5H3,(H2,26,27,28);1H. The number of guanidine groups is 1. The Morgan fingerprint density at radius 2 is 1.74 bits per heavy atom. The third-order valence-electron chi connectivity index (χ3n) is 4.68. The van der Waals surface area contributed by atoms with Crippen LogP contribution in [0.4, 0.5) is 0 Å². The van der Waals surface area contributed by atoms with E-state index in [0.717, 1.165) is 36.1 Å². The summed E-state index contributed by atoms with van der Waals surface area (Å²) in [4.78, 5) is 18.3. The van der Waals surface area contributed by atoms with Gasteiger partial charge in [-0.1, -0.05) is 49.7 Å². The zero-order valence-electron chi connectivity index (χ0n) is 19.0. The van der Waals surface area contributed by atoms with Crippen LogP contribution in [0.5, 0.6) is 0 Å². The molecule has 0 saturated carbocycles. The van der Waals surface area contributed by atoms with Crippen LogP contribution in [0, 0.1) is 5.41 Å². The largest absolute Gasteiger partial charge is 0.357 e. The predicted octanol–water partition coefficient (Wildman–Crippen LogP) is 4.98. The Kier molecular flexibility index (Phi) is 11.3. The molecule has 0 spiro atoms. The highest BCUT2D eigenvalue weighted by atomic mass is 127. The zero-order chi connectivity index (χ0) is 22.1. The SMILES string of the molecule is CCNC(=NCc1ccc(C(=O)N(C)C)cc1)NCC(C)(C)Cc1cccc(Cl)c1.I. The molecule has 0 aliphatic rings. The van der Waals surface area contributed by atoms with Crippen molar-refractivity contribution < 1.29 is 4.79 Å². The first-order valence-corrected chi connectivity index (χ1v) is 10.7. The molecule has 2 rings (SSSR count). The predicted molar refractivity (Wildman–Crippen MR) is 142 cm³/mol. The van der Waals surface area contributed by atoms with Gasteiger partial charge in [-0.15, -0.1) is 24.0 Å².